The summed E-state index contributed by atoms with van der Waals surface area (Å²) >= 11 is 0. The van der Waals surface area contributed by atoms with Crippen LogP contribution < -0.4 is 14.8 Å². The molecule has 0 unspecified atom stereocenters. The summed E-state index contributed by atoms with van der Waals surface area (Å²) < 4.78 is 16.2. The summed E-state index contributed by atoms with van der Waals surface area (Å²) in [5.41, 5.74) is 1.14. The summed E-state index contributed by atoms with van der Waals surface area (Å²) in [7, 11) is 1.91. The van der Waals surface area contributed by atoms with Crippen molar-refractivity contribution >= 4 is 0 Å². The fourth-order valence-electron chi connectivity index (χ4n) is 1.80. The average Bonchev–Trinajstić information content (AvgIpc) is 2.84. The summed E-state index contributed by atoms with van der Waals surface area (Å²) in [5.74, 6) is 2.44. The average molecular weight is 277 g/mol. The lowest BCUT2D eigenvalue weighted by Gasteiger charge is -2.12. The van der Waals surface area contributed by atoms with Gasteiger partial charge in [0.05, 0.1) is 6.61 Å². The molecule has 0 saturated carbocycles. The third-order valence-corrected chi connectivity index (χ3v) is 2.62. The first kappa shape index (κ1) is 14.3. The Bertz CT molecular complexity index is 554. The van der Waals surface area contributed by atoms with Crippen LogP contribution in [0.5, 0.6) is 11.5 Å². The van der Waals surface area contributed by atoms with Gasteiger partial charge in [0.25, 0.3) is 0 Å². The number of nitrogens with one attached hydrogen (secondary N) is 1. The third kappa shape index (κ3) is 3.71. The minimum absolute atomic E-state index is 0.253. The van der Waals surface area contributed by atoms with Gasteiger partial charge in [-0.3, -0.25) is 0 Å². The lowest BCUT2D eigenvalue weighted by Crippen LogP contribution is -2.06. The van der Waals surface area contributed by atoms with Crippen molar-refractivity contribution in [2.75, 3.05) is 13.7 Å². The van der Waals surface area contributed by atoms with Crippen molar-refractivity contribution in [3.05, 3.63) is 35.5 Å². The molecular weight excluding hydrogens is 258 g/mol. The first-order chi connectivity index (χ1) is 9.72. The molecule has 1 heterocycles. The van der Waals surface area contributed by atoms with Gasteiger partial charge in [-0.15, -0.1) is 0 Å². The molecule has 0 aliphatic carbocycles. The second-order valence-electron chi connectivity index (χ2n) is 4.26. The van der Waals surface area contributed by atoms with Gasteiger partial charge in [0.2, 0.25) is 11.7 Å². The number of rotatable bonds is 7. The van der Waals surface area contributed by atoms with Gasteiger partial charge in [-0.05, 0) is 31.7 Å². The van der Waals surface area contributed by atoms with Gasteiger partial charge in [-0.1, -0.05) is 11.2 Å². The SMILES string of the molecule is CCOc1cc(CNC)ccc1OCc1noc(C)n1. The number of hydrogen-bond donors (Lipinski definition) is 1. The maximum Gasteiger partial charge on any atom is 0.223 e. The Kier molecular flexibility index (Phi) is 4.95. The van der Waals surface area contributed by atoms with Crippen LogP contribution in [0.1, 0.15) is 24.2 Å². The van der Waals surface area contributed by atoms with Crippen molar-refractivity contribution in [1.29, 1.82) is 0 Å². The molecule has 0 saturated heterocycles. The second-order valence-corrected chi connectivity index (χ2v) is 4.26. The van der Waals surface area contributed by atoms with Gasteiger partial charge < -0.3 is 19.3 Å². The zero-order chi connectivity index (χ0) is 14.4. The molecule has 0 atom stereocenters. The molecule has 6 nitrogen and oxygen atoms in total. The normalized spacial score (nSPS) is 10.6. The molecule has 0 radical (unpaired) electrons. The van der Waals surface area contributed by atoms with Gasteiger partial charge in [0, 0.05) is 13.5 Å². The standard InChI is InChI=1S/C14H19N3O3/c1-4-18-13-7-11(8-15-3)5-6-12(13)19-9-14-16-10(2)20-17-14/h5-7,15H,4,8-9H2,1-3H3. The molecule has 0 bridgehead atoms. The van der Waals surface area contributed by atoms with Crippen molar-refractivity contribution in [1.82, 2.24) is 15.5 Å². The van der Waals surface area contributed by atoms with Gasteiger partial charge in [0.1, 0.15) is 0 Å². The van der Waals surface area contributed by atoms with E-state index in [2.05, 4.69) is 15.5 Å². The summed E-state index contributed by atoms with van der Waals surface area (Å²) in [4.78, 5) is 4.09. The van der Waals surface area contributed by atoms with E-state index in [1.807, 2.05) is 32.2 Å². The highest BCUT2D eigenvalue weighted by Gasteiger charge is 2.09. The minimum atomic E-state index is 0.253. The number of nitrogens with zero attached hydrogens (tertiary/aromatic N) is 2. The summed E-state index contributed by atoms with van der Waals surface area (Å²) in [6.45, 7) is 5.31. The van der Waals surface area contributed by atoms with E-state index in [0.717, 1.165) is 17.9 Å². The van der Waals surface area contributed by atoms with Crippen molar-refractivity contribution in [2.24, 2.45) is 0 Å². The smallest absolute Gasteiger partial charge is 0.223 e. The Morgan fingerprint density at radius 1 is 1.25 bits per heavy atom. The van der Waals surface area contributed by atoms with E-state index in [0.29, 0.717) is 24.1 Å². The quantitative estimate of drug-likeness (QED) is 0.835. The van der Waals surface area contributed by atoms with Crippen molar-refractivity contribution in [3.8, 4) is 11.5 Å². The zero-order valence-corrected chi connectivity index (χ0v) is 12.0. The second kappa shape index (κ2) is 6.91. The molecule has 2 aromatic rings. The van der Waals surface area contributed by atoms with Crippen LogP contribution in [0.2, 0.25) is 0 Å². The molecule has 0 fully saturated rings. The molecule has 0 aliphatic rings. The molecule has 1 aromatic carbocycles. The van der Waals surface area contributed by atoms with E-state index >= 15 is 0 Å². The highest BCUT2D eigenvalue weighted by Crippen LogP contribution is 2.29. The number of aromatic nitrogens is 2. The largest absolute Gasteiger partial charge is 0.490 e. The number of benzene rings is 1. The molecule has 2 rings (SSSR count). The molecule has 0 spiro atoms. The Morgan fingerprint density at radius 3 is 2.75 bits per heavy atom. The molecular formula is C14H19N3O3. The van der Waals surface area contributed by atoms with E-state index in [4.69, 9.17) is 14.0 Å². The van der Waals surface area contributed by atoms with Crippen LogP contribution >= 0.6 is 0 Å². The van der Waals surface area contributed by atoms with Gasteiger partial charge in [-0.25, -0.2) is 0 Å². The van der Waals surface area contributed by atoms with E-state index in [9.17, 15) is 0 Å². The van der Waals surface area contributed by atoms with Crippen molar-refractivity contribution in [2.45, 2.75) is 27.0 Å². The van der Waals surface area contributed by atoms with E-state index in [1.54, 1.807) is 6.92 Å². The Balaban J connectivity index is 2.09. The maximum atomic E-state index is 5.69. The van der Waals surface area contributed by atoms with Crippen LogP contribution in [0.3, 0.4) is 0 Å². The van der Waals surface area contributed by atoms with Crippen LogP contribution in [0.15, 0.2) is 22.7 Å². The van der Waals surface area contributed by atoms with Crippen LogP contribution in [0, 0.1) is 6.92 Å². The lowest BCUT2D eigenvalue weighted by atomic mass is 10.2. The topological polar surface area (TPSA) is 69.4 Å². The predicted octanol–water partition coefficient (Wildman–Crippen LogP) is 2.08. The Hall–Kier alpha value is -2.08. The molecule has 0 aliphatic heterocycles. The van der Waals surface area contributed by atoms with Gasteiger partial charge >= 0.3 is 0 Å². The Labute approximate surface area is 118 Å². The first-order valence-electron chi connectivity index (χ1n) is 6.55. The Morgan fingerprint density at radius 2 is 2.10 bits per heavy atom. The number of ether oxygens (including phenoxy) is 2. The van der Waals surface area contributed by atoms with Crippen LogP contribution in [-0.4, -0.2) is 23.8 Å². The summed E-state index contributed by atoms with van der Waals surface area (Å²) in [5, 5.41) is 6.90. The van der Waals surface area contributed by atoms with Gasteiger partial charge in [0.15, 0.2) is 18.1 Å². The highest BCUT2D eigenvalue weighted by atomic mass is 16.5. The third-order valence-electron chi connectivity index (χ3n) is 2.62. The van der Waals surface area contributed by atoms with E-state index in [-0.39, 0.29) is 6.61 Å². The first-order valence-corrected chi connectivity index (χ1v) is 6.55. The summed E-state index contributed by atoms with van der Waals surface area (Å²) in [6, 6.07) is 5.86. The van der Waals surface area contributed by atoms with Crippen molar-refractivity contribution in [3.63, 3.8) is 0 Å². The van der Waals surface area contributed by atoms with E-state index in [1.165, 1.54) is 0 Å². The van der Waals surface area contributed by atoms with Crippen LogP contribution in [0.25, 0.3) is 0 Å². The molecule has 108 valence electrons. The number of hydrogen-bond acceptors (Lipinski definition) is 6. The van der Waals surface area contributed by atoms with Crippen molar-refractivity contribution < 1.29 is 14.0 Å². The fourth-order valence-corrected chi connectivity index (χ4v) is 1.80. The molecule has 0 amide bonds. The maximum absolute atomic E-state index is 5.69. The lowest BCUT2D eigenvalue weighted by molar-refractivity contribution is 0.258. The molecule has 20 heavy (non-hydrogen) atoms. The number of aryl methyl sites for hydroxylation is 1. The van der Waals surface area contributed by atoms with Gasteiger partial charge in [-0.2, -0.15) is 4.98 Å². The highest BCUT2D eigenvalue weighted by molar-refractivity contribution is 5.43. The molecule has 1 aromatic heterocycles. The monoisotopic (exact) mass is 277 g/mol. The fraction of sp³-hybridized carbons (Fsp3) is 0.429. The summed E-state index contributed by atoms with van der Waals surface area (Å²) in [6.07, 6.45) is 0. The predicted molar refractivity (Wildman–Crippen MR) is 73.7 cm³/mol. The molecule has 1 N–H and O–H groups in total. The van der Waals surface area contributed by atoms with Crippen LogP contribution in [-0.2, 0) is 13.2 Å². The molecule has 6 heteroatoms. The zero-order valence-electron chi connectivity index (χ0n) is 12.0. The minimum Gasteiger partial charge on any atom is -0.490 e. The van der Waals surface area contributed by atoms with Crippen LogP contribution in [0.4, 0.5) is 0 Å². The van der Waals surface area contributed by atoms with E-state index < -0.39 is 0 Å².